The summed E-state index contributed by atoms with van der Waals surface area (Å²) in [5, 5.41) is 0. The molecule has 0 spiro atoms. The molecule has 1 saturated heterocycles. The third-order valence-corrected chi connectivity index (χ3v) is 2.12. The maximum atomic E-state index is 5.60. The lowest BCUT2D eigenvalue weighted by atomic mass is 10.2. The summed E-state index contributed by atoms with van der Waals surface area (Å²) in [4.78, 5) is 0. The zero-order chi connectivity index (χ0) is 8.10. The van der Waals surface area contributed by atoms with Gasteiger partial charge in [0.1, 0.15) is 0 Å². The lowest BCUT2D eigenvalue weighted by Crippen LogP contribution is -2.13. The van der Waals surface area contributed by atoms with Gasteiger partial charge in [-0.05, 0) is 12.8 Å². The molecular formula is C8H15ClO2. The molecule has 1 fully saturated rings. The lowest BCUT2D eigenvalue weighted by Gasteiger charge is -2.08. The van der Waals surface area contributed by atoms with Crippen LogP contribution in [0.5, 0.6) is 0 Å². The average Bonchev–Trinajstić information content (AvgIpc) is 2.48. The zero-order valence-electron chi connectivity index (χ0n) is 6.88. The van der Waals surface area contributed by atoms with Gasteiger partial charge in [-0.3, -0.25) is 0 Å². The van der Waals surface area contributed by atoms with Crippen molar-refractivity contribution in [3.8, 4) is 0 Å². The van der Waals surface area contributed by atoms with E-state index in [1.165, 1.54) is 12.8 Å². The highest BCUT2D eigenvalue weighted by atomic mass is 35.5. The molecule has 0 aromatic carbocycles. The Morgan fingerprint density at radius 1 is 1.55 bits per heavy atom. The molecule has 3 heteroatoms. The van der Waals surface area contributed by atoms with Crippen molar-refractivity contribution in [2.75, 3.05) is 12.5 Å². The Balaban J connectivity index is 2.09. The molecule has 1 heterocycles. The molecule has 11 heavy (non-hydrogen) atoms. The van der Waals surface area contributed by atoms with E-state index in [9.17, 15) is 0 Å². The van der Waals surface area contributed by atoms with Crippen molar-refractivity contribution in [1.29, 1.82) is 0 Å². The lowest BCUT2D eigenvalue weighted by molar-refractivity contribution is -0.0597. The molecule has 0 bridgehead atoms. The molecule has 0 unspecified atom stereocenters. The molecule has 0 amide bonds. The second-order valence-corrected chi connectivity index (χ2v) is 3.13. The average molecular weight is 179 g/mol. The number of ether oxygens (including phenoxy) is 2. The van der Waals surface area contributed by atoms with Gasteiger partial charge < -0.3 is 9.47 Å². The fraction of sp³-hybridized carbons (Fsp3) is 1.00. The third kappa shape index (κ3) is 2.97. The van der Waals surface area contributed by atoms with Crippen molar-refractivity contribution in [1.82, 2.24) is 0 Å². The molecule has 0 aromatic rings. The van der Waals surface area contributed by atoms with E-state index in [0.717, 1.165) is 6.42 Å². The summed E-state index contributed by atoms with van der Waals surface area (Å²) in [6.45, 7) is 2.83. The Bertz CT molecular complexity index is 108. The van der Waals surface area contributed by atoms with E-state index < -0.39 is 0 Å². The molecule has 1 rings (SSSR count). The van der Waals surface area contributed by atoms with Crippen LogP contribution in [0.15, 0.2) is 0 Å². The van der Waals surface area contributed by atoms with Crippen molar-refractivity contribution in [3.63, 3.8) is 0 Å². The Labute approximate surface area is 72.8 Å². The molecule has 2 nitrogen and oxygen atoms in total. The normalized spacial score (nSPS) is 31.1. The molecule has 0 N–H and O–H groups in total. The second-order valence-electron chi connectivity index (χ2n) is 2.82. The van der Waals surface area contributed by atoms with Gasteiger partial charge in [0.2, 0.25) is 0 Å². The first-order chi connectivity index (χ1) is 5.36. The van der Waals surface area contributed by atoms with Gasteiger partial charge in [-0.25, -0.2) is 0 Å². The summed E-state index contributed by atoms with van der Waals surface area (Å²) in [7, 11) is 0. The van der Waals surface area contributed by atoms with Crippen LogP contribution in [-0.2, 0) is 9.47 Å². The SMILES string of the molecule is CCCC[C@@H]1OC[C@H](CCl)O1. The topological polar surface area (TPSA) is 18.5 Å². The highest BCUT2D eigenvalue weighted by molar-refractivity contribution is 6.18. The first-order valence-corrected chi connectivity index (χ1v) is 4.73. The van der Waals surface area contributed by atoms with E-state index in [2.05, 4.69) is 6.92 Å². The minimum Gasteiger partial charge on any atom is -0.350 e. The Hall–Kier alpha value is 0.210. The minimum absolute atomic E-state index is 0.0127. The standard InChI is InChI=1S/C8H15ClO2/c1-2-3-4-8-10-6-7(5-9)11-8/h7-8H,2-6H2,1H3/t7-,8+/m0/s1. The predicted molar refractivity (Wildman–Crippen MR) is 44.9 cm³/mol. The van der Waals surface area contributed by atoms with Crippen LogP contribution in [-0.4, -0.2) is 24.9 Å². The zero-order valence-corrected chi connectivity index (χ0v) is 7.64. The molecule has 1 aliphatic rings. The van der Waals surface area contributed by atoms with Crippen LogP contribution >= 0.6 is 11.6 Å². The van der Waals surface area contributed by atoms with E-state index in [0.29, 0.717) is 12.5 Å². The van der Waals surface area contributed by atoms with E-state index in [-0.39, 0.29) is 12.4 Å². The van der Waals surface area contributed by atoms with Gasteiger partial charge in [-0.2, -0.15) is 0 Å². The largest absolute Gasteiger partial charge is 0.350 e. The maximum Gasteiger partial charge on any atom is 0.158 e. The maximum absolute atomic E-state index is 5.60. The molecule has 0 aromatic heterocycles. The highest BCUT2D eigenvalue weighted by Crippen LogP contribution is 2.17. The first kappa shape index (κ1) is 9.30. The van der Waals surface area contributed by atoms with E-state index >= 15 is 0 Å². The number of halogens is 1. The van der Waals surface area contributed by atoms with E-state index in [1.807, 2.05) is 0 Å². The molecule has 0 aliphatic carbocycles. The number of rotatable bonds is 4. The molecule has 0 radical (unpaired) electrons. The fourth-order valence-corrected chi connectivity index (χ4v) is 1.27. The minimum atomic E-state index is 0.0127. The van der Waals surface area contributed by atoms with Crippen LogP contribution in [0.1, 0.15) is 26.2 Å². The van der Waals surface area contributed by atoms with Gasteiger partial charge in [0.15, 0.2) is 6.29 Å². The van der Waals surface area contributed by atoms with Gasteiger partial charge >= 0.3 is 0 Å². The molecule has 2 atom stereocenters. The van der Waals surface area contributed by atoms with Crippen LogP contribution in [0, 0.1) is 0 Å². The highest BCUT2D eigenvalue weighted by Gasteiger charge is 2.24. The summed E-state index contributed by atoms with van der Waals surface area (Å²) in [5.74, 6) is 0.544. The smallest absolute Gasteiger partial charge is 0.158 e. The van der Waals surface area contributed by atoms with Crippen molar-refractivity contribution < 1.29 is 9.47 Å². The Morgan fingerprint density at radius 3 is 2.91 bits per heavy atom. The predicted octanol–water partition coefficient (Wildman–Crippen LogP) is 2.16. The van der Waals surface area contributed by atoms with Gasteiger partial charge in [0.25, 0.3) is 0 Å². The number of hydrogen-bond acceptors (Lipinski definition) is 2. The fourth-order valence-electron chi connectivity index (χ4n) is 1.11. The summed E-state index contributed by atoms with van der Waals surface area (Å²) in [5.41, 5.74) is 0. The van der Waals surface area contributed by atoms with Crippen LogP contribution in [0.4, 0.5) is 0 Å². The van der Waals surface area contributed by atoms with Gasteiger partial charge in [-0.1, -0.05) is 13.3 Å². The molecule has 0 saturated carbocycles. The van der Waals surface area contributed by atoms with Crippen LogP contribution in [0.2, 0.25) is 0 Å². The number of hydrogen-bond donors (Lipinski definition) is 0. The van der Waals surface area contributed by atoms with Crippen LogP contribution in [0.3, 0.4) is 0 Å². The van der Waals surface area contributed by atoms with Crippen LogP contribution < -0.4 is 0 Å². The van der Waals surface area contributed by atoms with Gasteiger partial charge in [-0.15, -0.1) is 11.6 Å². The van der Waals surface area contributed by atoms with Crippen LogP contribution in [0.25, 0.3) is 0 Å². The third-order valence-electron chi connectivity index (χ3n) is 1.78. The van der Waals surface area contributed by atoms with E-state index in [4.69, 9.17) is 21.1 Å². The number of unbranched alkanes of at least 4 members (excludes halogenated alkanes) is 1. The summed E-state index contributed by atoms with van der Waals surface area (Å²) in [6, 6.07) is 0. The first-order valence-electron chi connectivity index (χ1n) is 4.19. The summed E-state index contributed by atoms with van der Waals surface area (Å²) < 4.78 is 10.8. The van der Waals surface area contributed by atoms with Gasteiger partial charge in [0.05, 0.1) is 18.6 Å². The van der Waals surface area contributed by atoms with Crippen molar-refractivity contribution >= 4 is 11.6 Å². The summed E-state index contributed by atoms with van der Waals surface area (Å²) >= 11 is 5.60. The van der Waals surface area contributed by atoms with E-state index in [1.54, 1.807) is 0 Å². The Morgan fingerprint density at radius 2 is 2.36 bits per heavy atom. The van der Waals surface area contributed by atoms with Crippen molar-refractivity contribution in [3.05, 3.63) is 0 Å². The quantitative estimate of drug-likeness (QED) is 0.615. The molecular weight excluding hydrogens is 164 g/mol. The van der Waals surface area contributed by atoms with Crippen molar-refractivity contribution in [2.24, 2.45) is 0 Å². The summed E-state index contributed by atoms with van der Waals surface area (Å²) in [6.07, 6.45) is 3.50. The molecule has 1 aliphatic heterocycles. The number of alkyl halides is 1. The van der Waals surface area contributed by atoms with Gasteiger partial charge in [0, 0.05) is 0 Å². The molecule has 66 valence electrons. The second kappa shape index (κ2) is 4.96. The van der Waals surface area contributed by atoms with Crippen molar-refractivity contribution in [2.45, 2.75) is 38.6 Å². The Kier molecular flexibility index (Phi) is 4.20. The monoisotopic (exact) mass is 178 g/mol.